The minimum Gasteiger partial charge on any atom is -0.378 e. The van der Waals surface area contributed by atoms with Gasteiger partial charge in [-0.3, -0.25) is 10.4 Å². The maximum absolute atomic E-state index is 13.8. The van der Waals surface area contributed by atoms with E-state index in [1.165, 1.54) is 12.1 Å². The molecule has 2 aromatic heterocycles. The molecule has 31 heavy (non-hydrogen) atoms. The van der Waals surface area contributed by atoms with E-state index in [9.17, 15) is 13.2 Å². The molecular formula is C22H22F3N5O. The molecule has 1 unspecified atom stereocenters. The third-order valence-electron chi connectivity index (χ3n) is 5.76. The van der Waals surface area contributed by atoms with Crippen LogP contribution in [0.1, 0.15) is 23.7 Å². The topological polar surface area (TPSA) is 62.3 Å². The molecule has 0 bridgehead atoms. The lowest BCUT2D eigenvalue weighted by Gasteiger charge is -2.29. The van der Waals surface area contributed by atoms with Gasteiger partial charge in [0.05, 0.1) is 36.0 Å². The highest BCUT2D eigenvalue weighted by Crippen LogP contribution is 2.41. The van der Waals surface area contributed by atoms with Crippen molar-refractivity contribution in [1.82, 2.24) is 20.8 Å². The third kappa shape index (κ3) is 3.84. The lowest BCUT2D eigenvalue weighted by Crippen LogP contribution is -2.36. The number of benzene rings is 1. The summed E-state index contributed by atoms with van der Waals surface area (Å²) >= 11 is 0. The highest BCUT2D eigenvalue weighted by molar-refractivity contribution is 5.98. The number of hydrogen-bond acceptors (Lipinski definition) is 6. The molecule has 2 N–H and O–H groups in total. The van der Waals surface area contributed by atoms with Gasteiger partial charge in [-0.25, -0.2) is 10.4 Å². The number of ether oxygens (including phenoxy) is 1. The molecule has 2 aliphatic rings. The summed E-state index contributed by atoms with van der Waals surface area (Å²) in [4.78, 5) is 11.5. The Balaban J connectivity index is 1.76. The molecule has 2 aliphatic heterocycles. The fraction of sp³-hybridized carbons (Fsp3) is 0.364. The summed E-state index contributed by atoms with van der Waals surface area (Å²) in [5.74, 6) is 0.642. The summed E-state index contributed by atoms with van der Waals surface area (Å²) in [6.07, 6.45) is -1.99. The molecule has 162 valence electrons. The van der Waals surface area contributed by atoms with Gasteiger partial charge in [-0.15, -0.1) is 0 Å². The van der Waals surface area contributed by atoms with Crippen LogP contribution in [0.25, 0.3) is 22.0 Å². The van der Waals surface area contributed by atoms with Crippen LogP contribution in [0.3, 0.4) is 0 Å². The second-order valence-corrected chi connectivity index (χ2v) is 7.68. The van der Waals surface area contributed by atoms with Gasteiger partial charge < -0.3 is 9.64 Å². The molecule has 2 fully saturated rings. The van der Waals surface area contributed by atoms with Crippen LogP contribution in [0.2, 0.25) is 0 Å². The van der Waals surface area contributed by atoms with Crippen molar-refractivity contribution in [1.29, 1.82) is 0 Å². The second kappa shape index (κ2) is 8.07. The van der Waals surface area contributed by atoms with Crippen molar-refractivity contribution in [3.63, 3.8) is 0 Å². The molecule has 0 saturated carbocycles. The number of nitrogens with one attached hydrogen (secondary N) is 2. The van der Waals surface area contributed by atoms with Crippen molar-refractivity contribution in [3.8, 4) is 11.1 Å². The van der Waals surface area contributed by atoms with Crippen LogP contribution in [0.4, 0.5) is 19.0 Å². The zero-order valence-corrected chi connectivity index (χ0v) is 16.7. The van der Waals surface area contributed by atoms with Crippen LogP contribution in [-0.2, 0) is 10.9 Å². The third-order valence-corrected chi connectivity index (χ3v) is 5.76. The Kier molecular flexibility index (Phi) is 5.25. The number of aromatic nitrogens is 2. The molecule has 0 radical (unpaired) electrons. The number of hydrazine groups is 1. The zero-order valence-electron chi connectivity index (χ0n) is 16.7. The summed E-state index contributed by atoms with van der Waals surface area (Å²) < 4.78 is 47.0. The first-order valence-corrected chi connectivity index (χ1v) is 10.3. The van der Waals surface area contributed by atoms with E-state index in [1.807, 2.05) is 0 Å². The van der Waals surface area contributed by atoms with Crippen LogP contribution < -0.4 is 15.8 Å². The Hall–Kier alpha value is -2.75. The van der Waals surface area contributed by atoms with Crippen LogP contribution in [0.15, 0.2) is 42.6 Å². The van der Waals surface area contributed by atoms with Gasteiger partial charge in [0.25, 0.3) is 0 Å². The fourth-order valence-electron chi connectivity index (χ4n) is 4.25. The predicted octanol–water partition coefficient (Wildman–Crippen LogP) is 3.69. The molecule has 9 heteroatoms. The molecule has 2 saturated heterocycles. The largest absolute Gasteiger partial charge is 0.417 e. The molecule has 0 spiro atoms. The van der Waals surface area contributed by atoms with Gasteiger partial charge in [0.15, 0.2) is 0 Å². The monoisotopic (exact) mass is 429 g/mol. The fourth-order valence-corrected chi connectivity index (χ4v) is 4.25. The lowest BCUT2D eigenvalue weighted by atomic mass is 9.95. The Bertz CT molecular complexity index is 1090. The van der Waals surface area contributed by atoms with Gasteiger partial charge in [-0.2, -0.15) is 13.2 Å². The van der Waals surface area contributed by atoms with Crippen LogP contribution in [0.5, 0.6) is 0 Å². The Morgan fingerprint density at radius 2 is 1.87 bits per heavy atom. The molecule has 1 atom stereocenters. The summed E-state index contributed by atoms with van der Waals surface area (Å²) in [5.41, 5.74) is 7.65. The Labute approximate surface area is 177 Å². The van der Waals surface area contributed by atoms with Crippen LogP contribution in [0, 0.1) is 0 Å². The van der Waals surface area contributed by atoms with E-state index < -0.39 is 11.7 Å². The average molecular weight is 429 g/mol. The number of nitrogens with zero attached hydrogens (tertiary/aromatic N) is 3. The van der Waals surface area contributed by atoms with E-state index in [4.69, 9.17) is 9.72 Å². The lowest BCUT2D eigenvalue weighted by molar-refractivity contribution is -0.137. The van der Waals surface area contributed by atoms with Gasteiger partial charge in [0, 0.05) is 31.2 Å². The van der Waals surface area contributed by atoms with Crippen LogP contribution >= 0.6 is 0 Å². The van der Waals surface area contributed by atoms with Crippen LogP contribution in [-0.4, -0.2) is 42.8 Å². The molecule has 4 heterocycles. The van der Waals surface area contributed by atoms with Crippen molar-refractivity contribution in [2.24, 2.45) is 0 Å². The average Bonchev–Trinajstić information content (AvgIpc) is 3.33. The number of anilines is 1. The van der Waals surface area contributed by atoms with Crippen molar-refractivity contribution >= 4 is 16.7 Å². The van der Waals surface area contributed by atoms with Crippen molar-refractivity contribution in [2.45, 2.75) is 18.6 Å². The quantitative estimate of drug-likeness (QED) is 0.662. The molecule has 0 amide bonds. The predicted molar refractivity (Wildman–Crippen MR) is 112 cm³/mol. The van der Waals surface area contributed by atoms with Crippen molar-refractivity contribution in [2.75, 3.05) is 37.7 Å². The van der Waals surface area contributed by atoms with E-state index in [2.05, 4.69) is 20.7 Å². The summed E-state index contributed by atoms with van der Waals surface area (Å²) in [7, 11) is 0. The number of morpholine rings is 1. The van der Waals surface area contributed by atoms with Crippen molar-refractivity contribution in [3.05, 3.63) is 53.9 Å². The first-order chi connectivity index (χ1) is 15.0. The maximum atomic E-state index is 13.8. The Morgan fingerprint density at radius 1 is 1.06 bits per heavy atom. The summed E-state index contributed by atoms with van der Waals surface area (Å²) in [6, 6.07) is 9.16. The van der Waals surface area contributed by atoms with E-state index >= 15 is 0 Å². The van der Waals surface area contributed by atoms with E-state index in [1.54, 1.807) is 24.4 Å². The molecule has 0 aliphatic carbocycles. The molecule has 6 nitrogen and oxygen atoms in total. The van der Waals surface area contributed by atoms with Crippen molar-refractivity contribution < 1.29 is 17.9 Å². The highest BCUT2D eigenvalue weighted by atomic mass is 19.4. The SMILES string of the molecule is FC(F)(F)c1ccccc1-c1cc(N2CCOCC2)nc2c(C3CCNN3)nccc12. The molecular weight excluding hydrogens is 407 g/mol. The molecule has 5 rings (SSSR count). The first kappa shape index (κ1) is 20.2. The van der Waals surface area contributed by atoms with Gasteiger partial charge in [0.2, 0.25) is 0 Å². The number of fused-ring (bicyclic) bond motifs is 1. The normalized spacial score (nSPS) is 19.8. The van der Waals surface area contributed by atoms with Gasteiger partial charge in [-0.1, -0.05) is 18.2 Å². The first-order valence-electron chi connectivity index (χ1n) is 10.3. The number of rotatable bonds is 3. The number of halogens is 3. The zero-order chi connectivity index (χ0) is 21.4. The standard InChI is InChI=1S/C22H22F3N5O/c23-22(24,25)17-4-2-1-3-14(17)16-13-19(30-9-11-31-12-10-30)28-20-15(16)5-7-26-21(20)18-6-8-27-29-18/h1-5,7,13,18,27,29H,6,8-12H2. The van der Waals surface area contributed by atoms with Gasteiger partial charge in [-0.05, 0) is 35.7 Å². The second-order valence-electron chi connectivity index (χ2n) is 7.68. The van der Waals surface area contributed by atoms with E-state index in [0.29, 0.717) is 48.6 Å². The summed E-state index contributed by atoms with van der Waals surface area (Å²) in [5, 5.41) is 0.660. The number of alkyl halides is 3. The van der Waals surface area contributed by atoms with Gasteiger partial charge >= 0.3 is 6.18 Å². The number of hydrogen-bond donors (Lipinski definition) is 2. The van der Waals surface area contributed by atoms with E-state index in [0.717, 1.165) is 24.7 Å². The maximum Gasteiger partial charge on any atom is 0.417 e. The minimum absolute atomic E-state index is 0.0538. The van der Waals surface area contributed by atoms with E-state index in [-0.39, 0.29) is 11.6 Å². The Morgan fingerprint density at radius 3 is 2.61 bits per heavy atom. The minimum atomic E-state index is -4.46. The number of pyridine rings is 2. The molecule has 1 aromatic carbocycles. The smallest absolute Gasteiger partial charge is 0.378 e. The molecule has 3 aromatic rings. The van der Waals surface area contributed by atoms with Gasteiger partial charge in [0.1, 0.15) is 5.82 Å². The summed E-state index contributed by atoms with van der Waals surface area (Å²) in [6.45, 7) is 3.18. The highest BCUT2D eigenvalue weighted by Gasteiger charge is 2.34.